The molecular formula is C26H32N8O6. The van der Waals surface area contributed by atoms with Gasteiger partial charge in [0.2, 0.25) is 0 Å². The number of hydrogen-bond donors (Lipinski definition) is 5. The maximum absolute atomic E-state index is 12.6. The molecule has 1 aromatic carbocycles. The molecule has 14 heteroatoms. The number of carbonyl (C=O) groups excluding carboxylic acids is 2. The number of piperidine rings is 1. The van der Waals surface area contributed by atoms with Gasteiger partial charge in [0, 0.05) is 31.2 Å². The van der Waals surface area contributed by atoms with E-state index in [-0.39, 0.29) is 17.8 Å². The minimum atomic E-state index is -1.41. The number of benzene rings is 1. The molecule has 1 aliphatic carbocycles. The molecule has 1 saturated carbocycles. The zero-order valence-corrected chi connectivity index (χ0v) is 21.7. The van der Waals surface area contributed by atoms with Gasteiger partial charge in [0.05, 0.1) is 6.33 Å². The summed E-state index contributed by atoms with van der Waals surface area (Å²) in [6.45, 7) is 1.05. The lowest BCUT2D eigenvalue weighted by Crippen LogP contribution is -2.43. The third-order valence-corrected chi connectivity index (χ3v) is 7.62. The molecule has 0 spiro atoms. The molecule has 2 saturated heterocycles. The molecule has 3 aliphatic rings. The quantitative estimate of drug-likeness (QED) is 0.264. The molecule has 4 atom stereocenters. The highest BCUT2D eigenvalue weighted by Crippen LogP contribution is 2.33. The van der Waals surface area contributed by atoms with Gasteiger partial charge in [0.25, 0.3) is 5.91 Å². The van der Waals surface area contributed by atoms with Crippen LogP contribution in [0.1, 0.15) is 37.7 Å². The summed E-state index contributed by atoms with van der Waals surface area (Å²) in [4.78, 5) is 40.1. The number of likely N-dealkylation sites (tertiary alicyclic amines) is 1. The number of nitrogens with two attached hydrogens (primary N) is 2. The molecule has 0 radical (unpaired) electrons. The van der Waals surface area contributed by atoms with Crippen LogP contribution in [0.15, 0.2) is 30.6 Å². The lowest BCUT2D eigenvalue weighted by molar-refractivity contribution is -0.137. The Morgan fingerprint density at radius 2 is 1.77 bits per heavy atom. The molecule has 2 aliphatic heterocycles. The average Bonchev–Trinajstić information content (AvgIpc) is 3.57. The molecule has 3 fully saturated rings. The average molecular weight is 553 g/mol. The molecule has 14 nitrogen and oxygen atoms in total. The van der Waals surface area contributed by atoms with Crippen LogP contribution in [-0.2, 0) is 16.0 Å². The Bertz CT molecular complexity index is 1400. The highest BCUT2D eigenvalue weighted by Gasteiger charge is 2.48. The van der Waals surface area contributed by atoms with Gasteiger partial charge in [0.15, 0.2) is 23.8 Å². The highest BCUT2D eigenvalue weighted by atomic mass is 16.6. The molecule has 2 aromatic heterocycles. The molecule has 4 heterocycles. The number of aliphatic hydroxyl groups excluding tert-OH is 2. The summed E-state index contributed by atoms with van der Waals surface area (Å²) in [7, 11) is 0. The third-order valence-electron chi connectivity index (χ3n) is 7.62. The topological polar surface area (TPSA) is 204 Å². The van der Waals surface area contributed by atoms with Crippen molar-refractivity contribution >= 4 is 34.7 Å². The minimum absolute atomic E-state index is 0.0879. The van der Waals surface area contributed by atoms with E-state index >= 15 is 0 Å². The van der Waals surface area contributed by atoms with Crippen molar-refractivity contribution in [2.24, 2.45) is 5.92 Å². The van der Waals surface area contributed by atoms with Gasteiger partial charge in [-0.1, -0.05) is 0 Å². The first-order valence-electron chi connectivity index (χ1n) is 13.4. The first-order chi connectivity index (χ1) is 19.3. The van der Waals surface area contributed by atoms with Crippen molar-refractivity contribution in [1.29, 1.82) is 0 Å². The molecule has 6 rings (SSSR count). The predicted molar refractivity (Wildman–Crippen MR) is 142 cm³/mol. The van der Waals surface area contributed by atoms with E-state index < -0.39 is 36.5 Å². The minimum Gasteiger partial charge on any atom is -0.410 e. The van der Waals surface area contributed by atoms with E-state index in [1.54, 1.807) is 29.2 Å². The maximum atomic E-state index is 12.6. The van der Waals surface area contributed by atoms with Crippen LogP contribution < -0.4 is 21.5 Å². The van der Waals surface area contributed by atoms with Crippen molar-refractivity contribution in [1.82, 2.24) is 29.7 Å². The summed E-state index contributed by atoms with van der Waals surface area (Å²) in [5, 5.41) is 24.0. The molecule has 2 amide bonds. The normalized spacial score (nSPS) is 25.3. The number of aromatic nitrogens is 4. The second-order valence-corrected chi connectivity index (χ2v) is 10.6. The Morgan fingerprint density at radius 1 is 1.05 bits per heavy atom. The van der Waals surface area contributed by atoms with Crippen molar-refractivity contribution in [2.45, 2.75) is 62.7 Å². The maximum Gasteiger partial charge on any atom is 0.415 e. The monoisotopic (exact) mass is 552 g/mol. The standard InChI is InChI=1S/C26H32N8O6/c27-14-1-5-16(6-2-14)39-26(38)33-9-7-13(8-10-33)11-17-31-22(28)18-23(32-17)34(12-29-18)25-20(36)19(35)21(40-25)24(37)30-15-3-4-15/h1-2,5-6,12-13,15,19-21,25,35-36H,3-4,7-11,27H2,(H,30,37)(H2,28,31,32)/t19?,20?,21-,25+/m0/s1. The van der Waals surface area contributed by atoms with Crippen LogP contribution in [0.25, 0.3) is 11.2 Å². The Balaban J connectivity index is 1.11. The number of imidazole rings is 1. The van der Waals surface area contributed by atoms with E-state index in [1.165, 1.54) is 10.9 Å². The van der Waals surface area contributed by atoms with Gasteiger partial charge in [-0.25, -0.2) is 19.7 Å². The van der Waals surface area contributed by atoms with Gasteiger partial charge in [-0.3, -0.25) is 9.36 Å². The van der Waals surface area contributed by atoms with Crippen molar-refractivity contribution in [3.63, 3.8) is 0 Å². The van der Waals surface area contributed by atoms with Crippen LogP contribution in [0.3, 0.4) is 0 Å². The molecule has 2 unspecified atom stereocenters. The number of ether oxygens (including phenoxy) is 2. The lowest BCUT2D eigenvalue weighted by atomic mass is 9.93. The number of rotatable bonds is 6. The Morgan fingerprint density at radius 3 is 2.48 bits per heavy atom. The van der Waals surface area contributed by atoms with Gasteiger partial charge in [-0.15, -0.1) is 0 Å². The van der Waals surface area contributed by atoms with Gasteiger partial charge in [-0.05, 0) is 55.9 Å². The molecule has 40 heavy (non-hydrogen) atoms. The fourth-order valence-electron chi connectivity index (χ4n) is 5.16. The molecule has 0 bridgehead atoms. The fourth-order valence-corrected chi connectivity index (χ4v) is 5.16. The van der Waals surface area contributed by atoms with Gasteiger partial charge < -0.3 is 41.4 Å². The number of carbonyl (C=O) groups is 2. The fraction of sp³-hybridized carbons (Fsp3) is 0.500. The second-order valence-electron chi connectivity index (χ2n) is 10.6. The zero-order chi connectivity index (χ0) is 28.0. The number of nitrogens with zero attached hydrogens (tertiary/aromatic N) is 5. The Hall–Kier alpha value is -4.01. The molecule has 212 valence electrons. The summed E-state index contributed by atoms with van der Waals surface area (Å²) in [5.41, 5.74) is 13.1. The first-order valence-corrected chi connectivity index (χ1v) is 13.4. The number of nitrogen functional groups attached to an aromatic ring is 2. The number of hydrogen-bond acceptors (Lipinski definition) is 11. The van der Waals surface area contributed by atoms with Crippen LogP contribution >= 0.6 is 0 Å². The number of amides is 2. The van der Waals surface area contributed by atoms with Gasteiger partial charge in [-0.2, -0.15) is 0 Å². The van der Waals surface area contributed by atoms with Crippen LogP contribution in [0, 0.1) is 5.92 Å². The van der Waals surface area contributed by atoms with Crippen LogP contribution in [-0.4, -0.2) is 84.1 Å². The van der Waals surface area contributed by atoms with Crippen LogP contribution in [0.2, 0.25) is 0 Å². The third kappa shape index (κ3) is 5.24. The molecule has 7 N–H and O–H groups in total. The van der Waals surface area contributed by atoms with Gasteiger partial charge in [0.1, 0.15) is 29.3 Å². The van der Waals surface area contributed by atoms with Crippen molar-refractivity contribution in [2.75, 3.05) is 24.6 Å². The number of fused-ring (bicyclic) bond motifs is 1. The van der Waals surface area contributed by atoms with E-state index in [9.17, 15) is 19.8 Å². The largest absolute Gasteiger partial charge is 0.415 e. The number of nitrogens with one attached hydrogen (secondary N) is 1. The Labute approximate surface area is 229 Å². The number of anilines is 2. The predicted octanol–water partition coefficient (Wildman–Crippen LogP) is 0.342. The van der Waals surface area contributed by atoms with Crippen molar-refractivity contribution in [3.05, 3.63) is 36.4 Å². The van der Waals surface area contributed by atoms with Crippen molar-refractivity contribution < 1.29 is 29.3 Å². The lowest BCUT2D eigenvalue weighted by Gasteiger charge is -2.31. The Kier molecular flexibility index (Phi) is 6.90. The van der Waals surface area contributed by atoms with Crippen LogP contribution in [0.4, 0.5) is 16.3 Å². The summed E-state index contributed by atoms with van der Waals surface area (Å²) in [6, 6.07) is 6.75. The summed E-state index contributed by atoms with van der Waals surface area (Å²) in [6.07, 6.45) is -0.312. The summed E-state index contributed by atoms with van der Waals surface area (Å²) < 4.78 is 12.7. The SMILES string of the molecule is Nc1ccc(OC(=O)N2CCC(Cc3nc(N)c4ncn([C@@H]5O[C@H](C(=O)NC6CC6)C(O)C5O)c4n3)CC2)cc1. The highest BCUT2D eigenvalue weighted by molar-refractivity contribution is 5.83. The smallest absolute Gasteiger partial charge is 0.410 e. The summed E-state index contributed by atoms with van der Waals surface area (Å²) in [5.74, 6) is 0.859. The van der Waals surface area contributed by atoms with E-state index in [0.29, 0.717) is 47.9 Å². The van der Waals surface area contributed by atoms with Gasteiger partial charge >= 0.3 is 6.09 Å². The number of aliphatic hydroxyl groups is 2. The van der Waals surface area contributed by atoms with E-state index in [0.717, 1.165) is 25.7 Å². The van der Waals surface area contributed by atoms with Crippen LogP contribution in [0.5, 0.6) is 5.75 Å². The van der Waals surface area contributed by atoms with E-state index in [2.05, 4.69) is 20.3 Å². The molecule has 3 aromatic rings. The molecular weight excluding hydrogens is 520 g/mol. The first kappa shape index (κ1) is 26.2. The summed E-state index contributed by atoms with van der Waals surface area (Å²) >= 11 is 0. The van der Waals surface area contributed by atoms with E-state index in [1.807, 2.05) is 0 Å². The second kappa shape index (κ2) is 10.5. The van der Waals surface area contributed by atoms with E-state index in [4.69, 9.17) is 20.9 Å². The zero-order valence-electron chi connectivity index (χ0n) is 21.7. The van der Waals surface area contributed by atoms with Crippen molar-refractivity contribution in [3.8, 4) is 5.75 Å².